The van der Waals surface area contributed by atoms with Gasteiger partial charge in [0.05, 0.1) is 14.2 Å². The van der Waals surface area contributed by atoms with E-state index < -0.39 is 0 Å². The van der Waals surface area contributed by atoms with Gasteiger partial charge in [-0.05, 0) is 13.8 Å². The average Bonchev–Trinajstić information content (AvgIpc) is 2.69. The van der Waals surface area contributed by atoms with Crippen molar-refractivity contribution >= 4 is 0 Å². The Hall–Kier alpha value is -2.11. The van der Waals surface area contributed by atoms with Crippen molar-refractivity contribution in [1.82, 2.24) is 19.7 Å². The Kier molecular flexibility index (Phi) is 2.95. The number of aryl methyl sites for hydroxylation is 2. The molecular weight excluding hydrogens is 220 g/mol. The van der Waals surface area contributed by atoms with Gasteiger partial charge in [-0.3, -0.25) is 0 Å². The molecule has 6 heteroatoms. The van der Waals surface area contributed by atoms with E-state index in [0.717, 1.165) is 5.69 Å². The van der Waals surface area contributed by atoms with Crippen LogP contribution in [0.15, 0.2) is 12.1 Å². The van der Waals surface area contributed by atoms with Crippen LogP contribution in [0.4, 0.5) is 0 Å². The van der Waals surface area contributed by atoms with Gasteiger partial charge in [0.1, 0.15) is 5.82 Å². The van der Waals surface area contributed by atoms with Gasteiger partial charge in [0, 0.05) is 17.8 Å². The average molecular weight is 234 g/mol. The molecule has 0 N–H and O–H groups in total. The van der Waals surface area contributed by atoms with Crippen molar-refractivity contribution in [1.29, 1.82) is 0 Å². The van der Waals surface area contributed by atoms with E-state index >= 15 is 0 Å². The molecule has 6 nitrogen and oxygen atoms in total. The van der Waals surface area contributed by atoms with Crippen LogP contribution in [-0.4, -0.2) is 34.0 Å². The SMILES string of the molecule is COc1cc(-n2nc(OC)cc2C)nc(C)n1. The molecule has 0 radical (unpaired) electrons. The quantitative estimate of drug-likeness (QED) is 0.801. The number of methoxy groups -OCH3 is 2. The maximum absolute atomic E-state index is 5.11. The Balaban J connectivity index is 2.51. The van der Waals surface area contributed by atoms with E-state index in [1.54, 1.807) is 25.0 Å². The summed E-state index contributed by atoms with van der Waals surface area (Å²) >= 11 is 0. The van der Waals surface area contributed by atoms with Crippen LogP contribution in [0.1, 0.15) is 11.5 Å². The summed E-state index contributed by atoms with van der Waals surface area (Å²) in [6.45, 7) is 3.74. The summed E-state index contributed by atoms with van der Waals surface area (Å²) in [5.41, 5.74) is 0.932. The minimum Gasteiger partial charge on any atom is -0.481 e. The standard InChI is InChI=1S/C11H14N4O2/c1-7-5-11(17-4)14-15(7)9-6-10(16-3)13-8(2)12-9/h5-6H,1-4H3. The lowest BCUT2D eigenvalue weighted by Crippen LogP contribution is -2.05. The fourth-order valence-electron chi connectivity index (χ4n) is 1.52. The summed E-state index contributed by atoms with van der Waals surface area (Å²) in [5.74, 6) is 2.36. The van der Waals surface area contributed by atoms with E-state index in [-0.39, 0.29) is 0 Å². The molecule has 0 aliphatic carbocycles. The smallest absolute Gasteiger partial charge is 0.233 e. The molecule has 2 aromatic heterocycles. The molecule has 2 rings (SSSR count). The van der Waals surface area contributed by atoms with Crippen molar-refractivity contribution in [2.75, 3.05) is 14.2 Å². The zero-order valence-corrected chi connectivity index (χ0v) is 10.3. The highest BCUT2D eigenvalue weighted by Crippen LogP contribution is 2.17. The molecule has 0 unspecified atom stereocenters. The summed E-state index contributed by atoms with van der Waals surface area (Å²) in [6.07, 6.45) is 0. The zero-order chi connectivity index (χ0) is 12.4. The van der Waals surface area contributed by atoms with Crippen molar-refractivity contribution < 1.29 is 9.47 Å². The highest BCUT2D eigenvalue weighted by atomic mass is 16.5. The van der Waals surface area contributed by atoms with Gasteiger partial charge in [0.15, 0.2) is 5.82 Å². The largest absolute Gasteiger partial charge is 0.481 e. The predicted octanol–water partition coefficient (Wildman–Crippen LogP) is 1.30. The predicted molar refractivity (Wildman–Crippen MR) is 61.7 cm³/mol. The molecule has 0 aromatic carbocycles. The molecule has 0 saturated heterocycles. The minimum absolute atomic E-state index is 0.515. The van der Waals surface area contributed by atoms with Crippen molar-refractivity contribution in [2.24, 2.45) is 0 Å². The van der Waals surface area contributed by atoms with Crippen molar-refractivity contribution in [3.8, 4) is 17.6 Å². The van der Waals surface area contributed by atoms with Gasteiger partial charge in [0.2, 0.25) is 11.8 Å². The van der Waals surface area contributed by atoms with E-state index in [0.29, 0.717) is 23.4 Å². The first-order valence-electron chi connectivity index (χ1n) is 5.14. The molecule has 0 spiro atoms. The lowest BCUT2D eigenvalue weighted by Gasteiger charge is -2.06. The summed E-state index contributed by atoms with van der Waals surface area (Å²) in [5, 5.41) is 4.26. The zero-order valence-electron chi connectivity index (χ0n) is 10.3. The fraction of sp³-hybridized carbons (Fsp3) is 0.364. The first kappa shape index (κ1) is 11.4. The van der Waals surface area contributed by atoms with E-state index in [2.05, 4.69) is 15.1 Å². The molecule has 17 heavy (non-hydrogen) atoms. The van der Waals surface area contributed by atoms with Crippen molar-refractivity contribution in [2.45, 2.75) is 13.8 Å². The van der Waals surface area contributed by atoms with Crippen LogP contribution >= 0.6 is 0 Å². The highest BCUT2D eigenvalue weighted by molar-refractivity contribution is 5.31. The molecule has 2 aromatic rings. The Labute approximate surface area is 99.2 Å². The molecule has 0 aliphatic heterocycles. The number of hydrogen-bond donors (Lipinski definition) is 0. The molecule has 0 amide bonds. The highest BCUT2D eigenvalue weighted by Gasteiger charge is 2.09. The number of nitrogens with zero attached hydrogens (tertiary/aromatic N) is 4. The van der Waals surface area contributed by atoms with Crippen LogP contribution in [-0.2, 0) is 0 Å². The van der Waals surface area contributed by atoms with Crippen LogP contribution in [0, 0.1) is 13.8 Å². The van der Waals surface area contributed by atoms with Crippen LogP contribution in [0.25, 0.3) is 5.82 Å². The van der Waals surface area contributed by atoms with Crippen LogP contribution in [0.3, 0.4) is 0 Å². The Morgan fingerprint density at radius 3 is 2.29 bits per heavy atom. The maximum Gasteiger partial charge on any atom is 0.233 e. The van der Waals surface area contributed by atoms with E-state index in [1.165, 1.54) is 0 Å². The summed E-state index contributed by atoms with van der Waals surface area (Å²) in [7, 11) is 3.15. The molecule has 0 fully saturated rings. The van der Waals surface area contributed by atoms with Gasteiger partial charge in [-0.25, -0.2) is 9.67 Å². The normalized spacial score (nSPS) is 10.4. The van der Waals surface area contributed by atoms with Crippen LogP contribution < -0.4 is 9.47 Å². The van der Waals surface area contributed by atoms with Gasteiger partial charge in [-0.2, -0.15) is 4.98 Å². The number of aromatic nitrogens is 4. The molecule has 0 atom stereocenters. The van der Waals surface area contributed by atoms with Gasteiger partial charge in [-0.1, -0.05) is 0 Å². The van der Waals surface area contributed by atoms with Crippen LogP contribution in [0.2, 0.25) is 0 Å². The lowest BCUT2D eigenvalue weighted by molar-refractivity contribution is 0.390. The molecule has 2 heterocycles. The summed E-state index contributed by atoms with van der Waals surface area (Å²) in [4.78, 5) is 8.44. The van der Waals surface area contributed by atoms with E-state index in [4.69, 9.17) is 9.47 Å². The molecular formula is C11H14N4O2. The second-order valence-electron chi connectivity index (χ2n) is 3.56. The first-order valence-corrected chi connectivity index (χ1v) is 5.14. The third-order valence-electron chi connectivity index (χ3n) is 2.30. The second kappa shape index (κ2) is 4.40. The third-order valence-corrected chi connectivity index (χ3v) is 2.30. The second-order valence-corrected chi connectivity index (χ2v) is 3.56. The Bertz CT molecular complexity index is 536. The summed E-state index contributed by atoms with van der Waals surface area (Å²) in [6, 6.07) is 3.57. The first-order chi connectivity index (χ1) is 8.13. The summed E-state index contributed by atoms with van der Waals surface area (Å²) < 4.78 is 11.9. The van der Waals surface area contributed by atoms with Gasteiger partial charge >= 0.3 is 0 Å². The molecule has 0 aliphatic rings. The van der Waals surface area contributed by atoms with Gasteiger partial charge < -0.3 is 9.47 Å². The van der Waals surface area contributed by atoms with Gasteiger partial charge in [0.25, 0.3) is 0 Å². The monoisotopic (exact) mass is 234 g/mol. The van der Waals surface area contributed by atoms with Crippen molar-refractivity contribution in [3.05, 3.63) is 23.7 Å². The Morgan fingerprint density at radius 2 is 1.71 bits per heavy atom. The third kappa shape index (κ3) is 2.20. The van der Waals surface area contributed by atoms with Crippen LogP contribution in [0.5, 0.6) is 11.8 Å². The molecule has 0 saturated carbocycles. The maximum atomic E-state index is 5.11. The molecule has 90 valence electrons. The number of ether oxygens (including phenoxy) is 2. The Morgan fingerprint density at radius 1 is 1.00 bits per heavy atom. The van der Waals surface area contributed by atoms with Crippen molar-refractivity contribution in [3.63, 3.8) is 0 Å². The minimum atomic E-state index is 0.515. The fourth-order valence-corrected chi connectivity index (χ4v) is 1.52. The van der Waals surface area contributed by atoms with Gasteiger partial charge in [-0.15, -0.1) is 5.10 Å². The number of rotatable bonds is 3. The topological polar surface area (TPSA) is 62.1 Å². The number of hydrogen-bond acceptors (Lipinski definition) is 5. The van der Waals surface area contributed by atoms with E-state index in [9.17, 15) is 0 Å². The lowest BCUT2D eigenvalue weighted by atomic mass is 10.4. The molecule has 0 bridgehead atoms. The van der Waals surface area contributed by atoms with E-state index in [1.807, 2.05) is 19.9 Å².